The van der Waals surface area contributed by atoms with Gasteiger partial charge in [-0.2, -0.15) is 0 Å². The van der Waals surface area contributed by atoms with Crippen LogP contribution in [0.15, 0.2) is 0 Å². The number of hydrogen-bond donors (Lipinski definition) is 1. The monoisotopic (exact) mass is 170 g/mol. The van der Waals surface area contributed by atoms with Crippen molar-refractivity contribution in [2.75, 3.05) is 26.7 Å². The second-order valence-corrected chi connectivity index (χ2v) is 3.67. The van der Waals surface area contributed by atoms with Crippen LogP contribution in [0.5, 0.6) is 0 Å². The Kier molecular flexibility index (Phi) is 1.81. The Hall–Kier alpha value is -0.610. The first-order chi connectivity index (χ1) is 5.68. The number of rotatable bonds is 1. The predicted molar refractivity (Wildman–Crippen MR) is 43.6 cm³/mol. The van der Waals surface area contributed by atoms with Crippen LogP contribution >= 0.6 is 0 Å². The fourth-order valence-electron chi connectivity index (χ4n) is 1.89. The highest BCUT2D eigenvalue weighted by atomic mass is 16.3. The van der Waals surface area contributed by atoms with Gasteiger partial charge in [0.2, 0.25) is 5.91 Å². The van der Waals surface area contributed by atoms with Gasteiger partial charge in [0.25, 0.3) is 0 Å². The minimum atomic E-state index is -0.205. The summed E-state index contributed by atoms with van der Waals surface area (Å²) < 4.78 is 0. The van der Waals surface area contributed by atoms with Crippen molar-refractivity contribution in [3.05, 3.63) is 0 Å². The van der Waals surface area contributed by atoms with Gasteiger partial charge in [-0.1, -0.05) is 0 Å². The molecule has 2 fully saturated rings. The first kappa shape index (κ1) is 8.01. The van der Waals surface area contributed by atoms with E-state index in [9.17, 15) is 4.79 Å². The van der Waals surface area contributed by atoms with Gasteiger partial charge in [-0.05, 0) is 6.42 Å². The normalized spacial score (nSPS) is 32.7. The van der Waals surface area contributed by atoms with Gasteiger partial charge < -0.3 is 10.0 Å². The molecule has 0 radical (unpaired) electrons. The number of nitrogens with zero attached hydrogens (tertiary/aromatic N) is 2. The number of carbonyl (C=O) groups excluding carboxylic acids is 1. The average Bonchev–Trinajstić information content (AvgIpc) is 2.28. The van der Waals surface area contributed by atoms with Crippen molar-refractivity contribution in [3.63, 3.8) is 0 Å². The molecular formula is C8H14N2O2. The standard InChI is InChI=1S/C8H14N2O2/c1-9-3-2-7(8(9)12)10-4-6(11)5-10/h6-7,11H,2-5H2,1H3. The Morgan fingerprint density at radius 1 is 1.50 bits per heavy atom. The van der Waals surface area contributed by atoms with Crippen LogP contribution in [-0.2, 0) is 4.79 Å². The Labute approximate surface area is 71.8 Å². The molecule has 2 aliphatic rings. The maximum Gasteiger partial charge on any atom is 0.239 e. The largest absolute Gasteiger partial charge is 0.390 e. The Bertz CT molecular complexity index is 201. The van der Waals surface area contributed by atoms with E-state index in [1.807, 2.05) is 7.05 Å². The van der Waals surface area contributed by atoms with E-state index in [0.717, 1.165) is 13.0 Å². The molecule has 0 spiro atoms. The molecule has 1 amide bonds. The van der Waals surface area contributed by atoms with Crippen molar-refractivity contribution in [1.29, 1.82) is 0 Å². The van der Waals surface area contributed by atoms with Gasteiger partial charge in [0, 0.05) is 26.7 Å². The van der Waals surface area contributed by atoms with Gasteiger partial charge in [0.05, 0.1) is 12.1 Å². The molecule has 1 atom stereocenters. The van der Waals surface area contributed by atoms with E-state index >= 15 is 0 Å². The molecule has 2 heterocycles. The van der Waals surface area contributed by atoms with Gasteiger partial charge in [-0.15, -0.1) is 0 Å². The van der Waals surface area contributed by atoms with E-state index < -0.39 is 0 Å². The van der Waals surface area contributed by atoms with Crippen molar-refractivity contribution >= 4 is 5.91 Å². The topological polar surface area (TPSA) is 43.8 Å². The summed E-state index contributed by atoms with van der Waals surface area (Å²) in [5.74, 6) is 0.210. The van der Waals surface area contributed by atoms with Gasteiger partial charge in [0.15, 0.2) is 0 Å². The number of amides is 1. The van der Waals surface area contributed by atoms with E-state index in [0.29, 0.717) is 13.1 Å². The van der Waals surface area contributed by atoms with Crippen LogP contribution in [0.3, 0.4) is 0 Å². The molecule has 2 aliphatic heterocycles. The lowest BCUT2D eigenvalue weighted by molar-refractivity contribution is -0.134. The van der Waals surface area contributed by atoms with Gasteiger partial charge in [0.1, 0.15) is 0 Å². The van der Waals surface area contributed by atoms with E-state index in [1.165, 1.54) is 0 Å². The molecule has 4 heteroatoms. The second kappa shape index (κ2) is 2.71. The number of β-amino-alcohol motifs (C(OH)–C–C–N with tert-alkyl or cyclic N) is 1. The van der Waals surface area contributed by atoms with Crippen molar-refractivity contribution < 1.29 is 9.90 Å². The third kappa shape index (κ3) is 1.11. The molecule has 1 unspecified atom stereocenters. The van der Waals surface area contributed by atoms with Crippen LogP contribution in [0.25, 0.3) is 0 Å². The molecule has 12 heavy (non-hydrogen) atoms. The molecule has 2 saturated heterocycles. The Morgan fingerprint density at radius 3 is 2.58 bits per heavy atom. The quantitative estimate of drug-likeness (QED) is 0.543. The van der Waals surface area contributed by atoms with E-state index in [1.54, 1.807) is 4.90 Å². The van der Waals surface area contributed by atoms with Crippen molar-refractivity contribution in [2.45, 2.75) is 18.6 Å². The minimum Gasteiger partial charge on any atom is -0.390 e. The first-order valence-electron chi connectivity index (χ1n) is 4.35. The number of hydrogen-bond acceptors (Lipinski definition) is 3. The first-order valence-corrected chi connectivity index (χ1v) is 4.35. The van der Waals surface area contributed by atoms with E-state index in [4.69, 9.17) is 5.11 Å². The number of carbonyl (C=O) groups is 1. The maximum atomic E-state index is 11.4. The molecule has 68 valence electrons. The summed E-state index contributed by atoms with van der Waals surface area (Å²) in [4.78, 5) is 15.3. The summed E-state index contributed by atoms with van der Waals surface area (Å²) >= 11 is 0. The third-order valence-electron chi connectivity index (χ3n) is 2.73. The molecule has 1 N–H and O–H groups in total. The summed E-state index contributed by atoms with van der Waals surface area (Å²) in [7, 11) is 1.83. The zero-order valence-electron chi connectivity index (χ0n) is 7.23. The van der Waals surface area contributed by atoms with Gasteiger partial charge in [-0.25, -0.2) is 0 Å². The summed E-state index contributed by atoms with van der Waals surface area (Å²) in [6.07, 6.45) is 0.714. The lowest BCUT2D eigenvalue weighted by Crippen LogP contribution is -2.57. The number of aliphatic hydroxyl groups is 1. The molecular weight excluding hydrogens is 156 g/mol. The molecule has 0 aromatic carbocycles. The highest BCUT2D eigenvalue weighted by Crippen LogP contribution is 2.20. The highest BCUT2D eigenvalue weighted by molar-refractivity contribution is 5.83. The third-order valence-corrected chi connectivity index (χ3v) is 2.73. The SMILES string of the molecule is CN1CCC(N2CC(O)C2)C1=O. The van der Waals surface area contributed by atoms with Crippen LogP contribution in [0, 0.1) is 0 Å². The lowest BCUT2D eigenvalue weighted by Gasteiger charge is -2.39. The molecule has 0 aromatic rings. The minimum absolute atomic E-state index is 0.0541. The zero-order valence-corrected chi connectivity index (χ0v) is 7.23. The number of likely N-dealkylation sites (tertiary alicyclic amines) is 2. The second-order valence-electron chi connectivity index (χ2n) is 3.67. The Morgan fingerprint density at radius 2 is 2.17 bits per heavy atom. The van der Waals surface area contributed by atoms with E-state index in [2.05, 4.69) is 4.90 Å². The molecule has 2 rings (SSSR count). The van der Waals surface area contributed by atoms with Crippen LogP contribution in [0.1, 0.15) is 6.42 Å². The summed E-state index contributed by atoms with van der Waals surface area (Å²) in [6, 6.07) is 0.0541. The van der Waals surface area contributed by atoms with Crippen LogP contribution in [-0.4, -0.2) is 59.6 Å². The fraction of sp³-hybridized carbons (Fsp3) is 0.875. The molecule has 0 bridgehead atoms. The molecule has 0 aliphatic carbocycles. The van der Waals surface area contributed by atoms with Crippen molar-refractivity contribution in [3.8, 4) is 0 Å². The zero-order chi connectivity index (χ0) is 8.72. The number of likely N-dealkylation sites (N-methyl/N-ethyl adjacent to an activating group) is 1. The molecule has 0 aromatic heterocycles. The maximum absolute atomic E-state index is 11.4. The molecule has 4 nitrogen and oxygen atoms in total. The highest BCUT2D eigenvalue weighted by Gasteiger charge is 2.39. The summed E-state index contributed by atoms with van der Waals surface area (Å²) in [5, 5.41) is 9.06. The summed E-state index contributed by atoms with van der Waals surface area (Å²) in [5.41, 5.74) is 0. The predicted octanol–water partition coefficient (Wildman–Crippen LogP) is -1.11. The summed E-state index contributed by atoms with van der Waals surface area (Å²) in [6.45, 7) is 2.20. The average molecular weight is 170 g/mol. The lowest BCUT2D eigenvalue weighted by atomic mass is 10.1. The fourth-order valence-corrected chi connectivity index (χ4v) is 1.89. The van der Waals surface area contributed by atoms with Gasteiger partial charge in [-0.3, -0.25) is 9.69 Å². The van der Waals surface area contributed by atoms with E-state index in [-0.39, 0.29) is 18.1 Å². The van der Waals surface area contributed by atoms with Gasteiger partial charge >= 0.3 is 0 Å². The Balaban J connectivity index is 1.93. The van der Waals surface area contributed by atoms with Crippen molar-refractivity contribution in [1.82, 2.24) is 9.80 Å². The smallest absolute Gasteiger partial charge is 0.239 e. The van der Waals surface area contributed by atoms with Crippen LogP contribution in [0.2, 0.25) is 0 Å². The number of aliphatic hydroxyl groups excluding tert-OH is 1. The van der Waals surface area contributed by atoms with Crippen LogP contribution < -0.4 is 0 Å². The molecule has 0 saturated carbocycles. The van der Waals surface area contributed by atoms with Crippen molar-refractivity contribution in [2.24, 2.45) is 0 Å². The van der Waals surface area contributed by atoms with Crippen LogP contribution in [0.4, 0.5) is 0 Å².